The Bertz CT molecular complexity index is 231. The second-order valence-electron chi connectivity index (χ2n) is 2.65. The summed E-state index contributed by atoms with van der Waals surface area (Å²) in [5.74, 6) is 0. The van der Waals surface area contributed by atoms with E-state index in [1.165, 1.54) is 0 Å². The van der Waals surface area contributed by atoms with Crippen molar-refractivity contribution in [2.75, 3.05) is 6.54 Å². The summed E-state index contributed by atoms with van der Waals surface area (Å²) in [6, 6.07) is 7.08. The predicted octanol–water partition coefficient (Wildman–Crippen LogP) is 0.171. The van der Waals surface area contributed by atoms with Crippen LogP contribution in [0.15, 0.2) is 24.3 Å². The van der Waals surface area contributed by atoms with E-state index < -0.39 is 6.29 Å². The highest BCUT2D eigenvalue weighted by Gasteiger charge is 2.00. The molecule has 1 aromatic rings. The Morgan fingerprint density at radius 3 is 2.17 bits per heavy atom. The summed E-state index contributed by atoms with van der Waals surface area (Å²) in [5, 5.41) is 17.6. The van der Waals surface area contributed by atoms with Crippen molar-refractivity contribution < 1.29 is 10.2 Å². The largest absolute Gasteiger partial charge is 0.364 e. The maximum absolute atomic E-state index is 8.78. The van der Waals surface area contributed by atoms with Crippen molar-refractivity contribution in [3.05, 3.63) is 35.4 Å². The van der Waals surface area contributed by atoms with Crippen molar-refractivity contribution in [3.63, 3.8) is 0 Å². The molecule has 12 heavy (non-hydrogen) atoms. The van der Waals surface area contributed by atoms with Gasteiger partial charge in [0, 0.05) is 5.56 Å². The van der Waals surface area contributed by atoms with Gasteiger partial charge in [0.05, 0.1) is 0 Å². The Kier molecular flexibility index (Phi) is 3.22. The van der Waals surface area contributed by atoms with E-state index in [0.717, 1.165) is 12.0 Å². The van der Waals surface area contributed by atoms with E-state index in [9.17, 15) is 0 Å². The second-order valence-corrected chi connectivity index (χ2v) is 2.65. The third-order valence-electron chi connectivity index (χ3n) is 1.71. The molecule has 0 aromatic heterocycles. The maximum atomic E-state index is 8.78. The number of benzene rings is 1. The smallest absolute Gasteiger partial charge is 0.178 e. The third kappa shape index (κ3) is 2.30. The first-order valence-electron chi connectivity index (χ1n) is 3.89. The van der Waals surface area contributed by atoms with Gasteiger partial charge in [0.1, 0.15) is 0 Å². The lowest BCUT2D eigenvalue weighted by Crippen LogP contribution is -2.03. The summed E-state index contributed by atoms with van der Waals surface area (Å²) in [4.78, 5) is 0. The molecular weight excluding hydrogens is 154 g/mol. The van der Waals surface area contributed by atoms with Crippen molar-refractivity contribution in [3.8, 4) is 0 Å². The van der Waals surface area contributed by atoms with Gasteiger partial charge >= 0.3 is 0 Å². The van der Waals surface area contributed by atoms with Gasteiger partial charge in [0.15, 0.2) is 6.29 Å². The van der Waals surface area contributed by atoms with Crippen molar-refractivity contribution >= 4 is 0 Å². The zero-order valence-electron chi connectivity index (χ0n) is 6.77. The Morgan fingerprint density at radius 2 is 1.75 bits per heavy atom. The minimum Gasteiger partial charge on any atom is -0.364 e. The van der Waals surface area contributed by atoms with Crippen LogP contribution in [0, 0.1) is 0 Å². The van der Waals surface area contributed by atoms with E-state index in [1.807, 2.05) is 12.1 Å². The quantitative estimate of drug-likeness (QED) is 0.562. The fourth-order valence-electron chi connectivity index (χ4n) is 1.02. The van der Waals surface area contributed by atoms with E-state index >= 15 is 0 Å². The highest BCUT2D eigenvalue weighted by atomic mass is 16.5. The van der Waals surface area contributed by atoms with Crippen LogP contribution in [0.2, 0.25) is 0 Å². The van der Waals surface area contributed by atoms with Crippen molar-refractivity contribution in [2.24, 2.45) is 5.73 Å². The van der Waals surface area contributed by atoms with E-state index in [0.29, 0.717) is 12.1 Å². The van der Waals surface area contributed by atoms with Gasteiger partial charge in [-0.3, -0.25) is 0 Å². The highest BCUT2D eigenvalue weighted by Crippen LogP contribution is 2.10. The van der Waals surface area contributed by atoms with Gasteiger partial charge in [-0.15, -0.1) is 0 Å². The van der Waals surface area contributed by atoms with Crippen LogP contribution in [0.3, 0.4) is 0 Å². The zero-order valence-corrected chi connectivity index (χ0v) is 6.77. The molecule has 0 spiro atoms. The Labute approximate surface area is 71.5 Å². The lowest BCUT2D eigenvalue weighted by Gasteiger charge is -2.04. The van der Waals surface area contributed by atoms with Gasteiger partial charge in [0.25, 0.3) is 0 Å². The van der Waals surface area contributed by atoms with Gasteiger partial charge in [-0.2, -0.15) is 0 Å². The van der Waals surface area contributed by atoms with E-state index in [4.69, 9.17) is 15.9 Å². The molecule has 0 bridgehead atoms. The van der Waals surface area contributed by atoms with Crippen LogP contribution in [-0.4, -0.2) is 16.8 Å². The molecule has 0 unspecified atom stereocenters. The van der Waals surface area contributed by atoms with Crippen molar-refractivity contribution in [1.29, 1.82) is 0 Å². The van der Waals surface area contributed by atoms with Crippen LogP contribution in [0.25, 0.3) is 0 Å². The first-order chi connectivity index (χ1) is 5.74. The molecule has 1 rings (SSSR count). The number of hydrogen-bond acceptors (Lipinski definition) is 3. The van der Waals surface area contributed by atoms with E-state index in [-0.39, 0.29) is 0 Å². The van der Waals surface area contributed by atoms with Crippen molar-refractivity contribution in [1.82, 2.24) is 0 Å². The zero-order chi connectivity index (χ0) is 8.97. The maximum Gasteiger partial charge on any atom is 0.178 e. The van der Waals surface area contributed by atoms with Gasteiger partial charge < -0.3 is 15.9 Å². The van der Waals surface area contributed by atoms with Crippen LogP contribution < -0.4 is 5.73 Å². The molecule has 3 heteroatoms. The Morgan fingerprint density at radius 1 is 1.17 bits per heavy atom. The van der Waals surface area contributed by atoms with Gasteiger partial charge in [0.2, 0.25) is 0 Å². The summed E-state index contributed by atoms with van der Waals surface area (Å²) >= 11 is 0. The van der Waals surface area contributed by atoms with Crippen LogP contribution >= 0.6 is 0 Å². The number of aliphatic hydroxyl groups is 2. The molecule has 0 aliphatic rings. The molecule has 0 aliphatic carbocycles. The lowest BCUT2D eigenvalue weighted by atomic mass is 10.1. The summed E-state index contributed by atoms with van der Waals surface area (Å²) in [5.41, 5.74) is 6.98. The van der Waals surface area contributed by atoms with Crippen LogP contribution in [0.4, 0.5) is 0 Å². The Hall–Kier alpha value is -0.900. The van der Waals surface area contributed by atoms with Gasteiger partial charge in [-0.05, 0) is 18.5 Å². The molecule has 0 saturated carbocycles. The molecule has 0 fully saturated rings. The molecule has 1 aromatic carbocycles. The fourth-order valence-corrected chi connectivity index (χ4v) is 1.02. The monoisotopic (exact) mass is 167 g/mol. The first kappa shape index (κ1) is 9.19. The summed E-state index contributed by atoms with van der Waals surface area (Å²) in [6.07, 6.45) is -0.557. The minimum atomic E-state index is -1.38. The van der Waals surface area contributed by atoms with Crippen LogP contribution in [0.1, 0.15) is 17.4 Å². The van der Waals surface area contributed by atoms with Crippen LogP contribution in [0.5, 0.6) is 0 Å². The first-order valence-corrected chi connectivity index (χ1v) is 3.89. The van der Waals surface area contributed by atoms with Gasteiger partial charge in [-0.1, -0.05) is 24.3 Å². The molecule has 0 atom stereocenters. The highest BCUT2D eigenvalue weighted by molar-refractivity contribution is 5.23. The minimum absolute atomic E-state index is 0.510. The third-order valence-corrected chi connectivity index (χ3v) is 1.71. The fraction of sp³-hybridized carbons (Fsp3) is 0.333. The SMILES string of the molecule is NCCc1ccc(C(O)O)cc1. The standard InChI is InChI=1S/C9H13NO2/c10-6-5-7-1-3-8(4-2-7)9(11)12/h1-4,9,11-12H,5-6,10H2. The molecule has 0 aliphatic heterocycles. The molecule has 0 amide bonds. The normalized spacial score (nSPS) is 10.7. The molecule has 66 valence electrons. The number of rotatable bonds is 3. The molecule has 0 heterocycles. The average molecular weight is 167 g/mol. The molecular formula is C9H13NO2. The second kappa shape index (κ2) is 4.21. The average Bonchev–Trinajstić information content (AvgIpc) is 2.06. The number of hydrogen-bond donors (Lipinski definition) is 3. The Balaban J connectivity index is 2.71. The molecule has 4 N–H and O–H groups in total. The number of aliphatic hydroxyl groups excluding tert-OH is 1. The van der Waals surface area contributed by atoms with Crippen LogP contribution in [-0.2, 0) is 6.42 Å². The number of nitrogens with two attached hydrogens (primary N) is 1. The van der Waals surface area contributed by atoms with Gasteiger partial charge in [-0.25, -0.2) is 0 Å². The van der Waals surface area contributed by atoms with E-state index in [1.54, 1.807) is 12.1 Å². The summed E-state index contributed by atoms with van der Waals surface area (Å²) in [7, 11) is 0. The molecule has 0 radical (unpaired) electrons. The summed E-state index contributed by atoms with van der Waals surface area (Å²) in [6.45, 7) is 0.612. The molecule has 0 saturated heterocycles. The van der Waals surface area contributed by atoms with Crippen molar-refractivity contribution in [2.45, 2.75) is 12.7 Å². The summed E-state index contributed by atoms with van der Waals surface area (Å²) < 4.78 is 0. The molecule has 3 nitrogen and oxygen atoms in total. The lowest BCUT2D eigenvalue weighted by molar-refractivity contribution is -0.0424. The van der Waals surface area contributed by atoms with E-state index in [2.05, 4.69) is 0 Å². The topological polar surface area (TPSA) is 66.5 Å². The predicted molar refractivity (Wildman–Crippen MR) is 46.4 cm³/mol.